The fraction of sp³-hybridized carbons (Fsp3) is 0.0435. The smallest absolute Gasteiger partial charge is 0.266 e. The number of halogens is 2. The Bertz CT molecular complexity index is 1070. The minimum atomic E-state index is -0.463. The molecule has 0 aromatic heterocycles. The van der Waals surface area contributed by atoms with Crippen molar-refractivity contribution in [1.82, 2.24) is 0 Å². The summed E-state index contributed by atoms with van der Waals surface area (Å²) in [5.41, 5.74) is 2.42. The molecule has 1 N–H and O–H groups in total. The van der Waals surface area contributed by atoms with Gasteiger partial charge in [-0.05, 0) is 69.5 Å². The summed E-state index contributed by atoms with van der Waals surface area (Å²) in [7, 11) is 0. The second kappa shape index (κ2) is 10.1. The molecule has 0 bridgehead atoms. The van der Waals surface area contributed by atoms with Gasteiger partial charge in [-0.15, -0.1) is 0 Å². The van der Waals surface area contributed by atoms with Gasteiger partial charge in [0.05, 0.1) is 5.69 Å². The zero-order valence-corrected chi connectivity index (χ0v) is 18.4. The van der Waals surface area contributed by atoms with Crippen molar-refractivity contribution in [3.05, 3.63) is 98.4 Å². The van der Waals surface area contributed by atoms with Gasteiger partial charge in [-0.25, -0.2) is 0 Å². The van der Waals surface area contributed by atoms with Crippen molar-refractivity contribution in [3.8, 4) is 11.8 Å². The number of benzene rings is 3. The van der Waals surface area contributed by atoms with E-state index >= 15 is 0 Å². The largest absolute Gasteiger partial charge is 0.489 e. The van der Waals surface area contributed by atoms with Gasteiger partial charge in [-0.2, -0.15) is 5.26 Å². The average molecular weight is 512 g/mol. The van der Waals surface area contributed by atoms with Crippen LogP contribution >= 0.6 is 31.9 Å². The number of para-hydroxylation sites is 1. The SMILES string of the molecule is N#C/C(=C/c1ccc(OCc2ccc(Br)cc2)cc1)C(=O)Nc1ccccc1Br. The Morgan fingerprint density at radius 2 is 1.69 bits per heavy atom. The zero-order chi connectivity index (χ0) is 20.6. The molecule has 0 saturated carbocycles. The van der Waals surface area contributed by atoms with E-state index in [0.717, 1.165) is 20.1 Å². The fourth-order valence-corrected chi connectivity index (χ4v) is 3.12. The first-order chi connectivity index (χ1) is 14.0. The van der Waals surface area contributed by atoms with Crippen LogP contribution in [0.4, 0.5) is 5.69 Å². The van der Waals surface area contributed by atoms with Gasteiger partial charge in [0.25, 0.3) is 5.91 Å². The van der Waals surface area contributed by atoms with Crippen molar-refractivity contribution in [1.29, 1.82) is 5.26 Å². The summed E-state index contributed by atoms with van der Waals surface area (Å²) >= 11 is 6.78. The maximum absolute atomic E-state index is 12.4. The molecule has 144 valence electrons. The highest BCUT2D eigenvalue weighted by Crippen LogP contribution is 2.22. The Kier molecular flexibility index (Phi) is 7.23. The standard InChI is InChI=1S/C23H16Br2N2O2/c24-19-9-5-17(6-10-19)15-29-20-11-7-16(8-12-20)13-18(14-26)23(28)27-22-4-2-1-3-21(22)25/h1-13H,15H2,(H,27,28)/b18-13-. The molecule has 0 aliphatic rings. The summed E-state index contributed by atoms with van der Waals surface area (Å²) in [6, 6.07) is 24.3. The van der Waals surface area contributed by atoms with E-state index in [1.54, 1.807) is 24.3 Å². The molecule has 0 radical (unpaired) electrons. The Morgan fingerprint density at radius 1 is 1.00 bits per heavy atom. The predicted octanol–water partition coefficient (Wildman–Crippen LogP) is 6.34. The summed E-state index contributed by atoms with van der Waals surface area (Å²) in [6.45, 7) is 0.459. The van der Waals surface area contributed by atoms with Gasteiger partial charge < -0.3 is 10.1 Å². The third-order valence-electron chi connectivity index (χ3n) is 4.00. The lowest BCUT2D eigenvalue weighted by atomic mass is 10.1. The molecule has 3 aromatic carbocycles. The average Bonchev–Trinajstić information content (AvgIpc) is 2.74. The second-order valence-corrected chi connectivity index (χ2v) is 7.86. The van der Waals surface area contributed by atoms with Gasteiger partial charge in [0.1, 0.15) is 24.0 Å². The van der Waals surface area contributed by atoms with Crippen molar-refractivity contribution in [3.63, 3.8) is 0 Å². The highest BCUT2D eigenvalue weighted by molar-refractivity contribution is 9.10. The van der Waals surface area contributed by atoms with Crippen molar-refractivity contribution in [2.45, 2.75) is 6.61 Å². The normalized spacial score (nSPS) is 10.9. The molecule has 29 heavy (non-hydrogen) atoms. The molecule has 3 rings (SSSR count). The molecule has 0 atom stereocenters. The van der Waals surface area contributed by atoms with Gasteiger partial charge in [0.15, 0.2) is 0 Å². The lowest BCUT2D eigenvalue weighted by molar-refractivity contribution is -0.112. The Labute approximate surface area is 186 Å². The Balaban J connectivity index is 1.65. The number of nitrogens with zero attached hydrogens (tertiary/aromatic N) is 1. The van der Waals surface area contributed by atoms with Crippen molar-refractivity contribution < 1.29 is 9.53 Å². The molecule has 3 aromatic rings. The van der Waals surface area contributed by atoms with E-state index in [4.69, 9.17) is 4.74 Å². The maximum atomic E-state index is 12.4. The molecule has 0 saturated heterocycles. The summed E-state index contributed by atoms with van der Waals surface area (Å²) in [4.78, 5) is 12.4. The van der Waals surface area contributed by atoms with Crippen LogP contribution in [0.1, 0.15) is 11.1 Å². The maximum Gasteiger partial charge on any atom is 0.266 e. The molecule has 0 heterocycles. The summed E-state index contributed by atoms with van der Waals surface area (Å²) in [5, 5.41) is 12.1. The Hall–Kier alpha value is -2.88. The van der Waals surface area contributed by atoms with Crippen molar-refractivity contribution >= 4 is 49.5 Å². The molecule has 0 aliphatic carbocycles. The van der Waals surface area contributed by atoms with Gasteiger partial charge in [-0.3, -0.25) is 4.79 Å². The van der Waals surface area contributed by atoms with Crippen LogP contribution < -0.4 is 10.1 Å². The molecule has 0 fully saturated rings. The van der Waals surface area contributed by atoms with Crippen molar-refractivity contribution in [2.75, 3.05) is 5.32 Å². The van der Waals surface area contributed by atoms with E-state index in [2.05, 4.69) is 37.2 Å². The number of ether oxygens (including phenoxy) is 1. The molecule has 4 nitrogen and oxygen atoms in total. The van der Waals surface area contributed by atoms with Crippen LogP contribution in [0.5, 0.6) is 5.75 Å². The van der Waals surface area contributed by atoms with Crippen LogP contribution in [0.2, 0.25) is 0 Å². The summed E-state index contributed by atoms with van der Waals surface area (Å²) in [5.74, 6) is 0.246. The van der Waals surface area contributed by atoms with Crippen LogP contribution in [-0.4, -0.2) is 5.91 Å². The third-order valence-corrected chi connectivity index (χ3v) is 5.22. The number of amides is 1. The highest BCUT2D eigenvalue weighted by atomic mass is 79.9. The minimum absolute atomic E-state index is 0.0179. The number of hydrogen-bond acceptors (Lipinski definition) is 3. The number of anilines is 1. The first kappa shape index (κ1) is 20.8. The van der Waals surface area contributed by atoms with E-state index in [-0.39, 0.29) is 5.57 Å². The molecule has 0 aliphatic heterocycles. The van der Waals surface area contributed by atoms with E-state index in [9.17, 15) is 10.1 Å². The quantitative estimate of drug-likeness (QED) is 0.310. The first-order valence-corrected chi connectivity index (χ1v) is 10.3. The van der Waals surface area contributed by atoms with Gasteiger partial charge in [0, 0.05) is 8.95 Å². The Morgan fingerprint density at radius 3 is 2.34 bits per heavy atom. The summed E-state index contributed by atoms with van der Waals surface area (Å²) in [6.07, 6.45) is 1.55. The highest BCUT2D eigenvalue weighted by Gasteiger charge is 2.11. The van der Waals surface area contributed by atoms with Crippen LogP contribution in [0.3, 0.4) is 0 Å². The third kappa shape index (κ3) is 6.05. The number of carbonyl (C=O) groups is 1. The lowest BCUT2D eigenvalue weighted by Gasteiger charge is -2.08. The summed E-state index contributed by atoms with van der Waals surface area (Å²) < 4.78 is 7.54. The van der Waals surface area contributed by atoms with E-state index in [1.807, 2.05) is 60.7 Å². The second-order valence-electron chi connectivity index (χ2n) is 6.09. The first-order valence-electron chi connectivity index (χ1n) is 8.70. The number of hydrogen-bond donors (Lipinski definition) is 1. The van der Waals surface area contributed by atoms with E-state index in [0.29, 0.717) is 18.0 Å². The molecule has 0 unspecified atom stereocenters. The fourth-order valence-electron chi connectivity index (χ4n) is 2.48. The molecular formula is C23H16Br2N2O2. The molecule has 0 spiro atoms. The van der Waals surface area contributed by atoms with Crippen LogP contribution in [0, 0.1) is 11.3 Å². The number of nitrogens with one attached hydrogen (secondary N) is 1. The minimum Gasteiger partial charge on any atom is -0.489 e. The zero-order valence-electron chi connectivity index (χ0n) is 15.2. The number of carbonyl (C=O) groups excluding carboxylic acids is 1. The predicted molar refractivity (Wildman–Crippen MR) is 121 cm³/mol. The monoisotopic (exact) mass is 510 g/mol. The molecule has 1 amide bonds. The van der Waals surface area contributed by atoms with Crippen LogP contribution in [-0.2, 0) is 11.4 Å². The van der Waals surface area contributed by atoms with Crippen LogP contribution in [0.25, 0.3) is 6.08 Å². The number of nitriles is 1. The molecular weight excluding hydrogens is 496 g/mol. The number of rotatable bonds is 6. The van der Waals surface area contributed by atoms with Gasteiger partial charge in [-0.1, -0.05) is 52.3 Å². The topological polar surface area (TPSA) is 62.1 Å². The van der Waals surface area contributed by atoms with E-state index < -0.39 is 5.91 Å². The van der Waals surface area contributed by atoms with Gasteiger partial charge in [0.2, 0.25) is 0 Å². The van der Waals surface area contributed by atoms with Crippen LogP contribution in [0.15, 0.2) is 87.3 Å². The van der Waals surface area contributed by atoms with E-state index in [1.165, 1.54) is 0 Å². The van der Waals surface area contributed by atoms with Gasteiger partial charge >= 0.3 is 0 Å². The molecule has 6 heteroatoms. The van der Waals surface area contributed by atoms with Crippen molar-refractivity contribution in [2.24, 2.45) is 0 Å². The lowest BCUT2D eigenvalue weighted by Crippen LogP contribution is -2.13.